The number of fused-ring (bicyclic) bond motifs is 2. The molecule has 2 bridgehead atoms. The van der Waals surface area contributed by atoms with Crippen LogP contribution in [0.2, 0.25) is 0 Å². The first kappa shape index (κ1) is 5.72. The molecule has 1 nitrogen and oxygen atoms in total. The summed E-state index contributed by atoms with van der Waals surface area (Å²) in [5.74, 6) is 1.00. The SMILES string of the molecule is [CH2-]N1C[C@H]2CCC[C@H]1C2. The van der Waals surface area contributed by atoms with Crippen molar-refractivity contribution in [2.24, 2.45) is 5.92 Å². The highest BCUT2D eigenvalue weighted by Gasteiger charge is 2.28. The summed E-state index contributed by atoms with van der Waals surface area (Å²) in [5, 5.41) is 0. The maximum atomic E-state index is 4.01. The minimum atomic E-state index is 0.851. The van der Waals surface area contributed by atoms with E-state index in [-0.39, 0.29) is 0 Å². The molecule has 1 heteroatoms. The van der Waals surface area contributed by atoms with Gasteiger partial charge in [0.15, 0.2) is 0 Å². The molecule has 1 aliphatic carbocycles. The van der Waals surface area contributed by atoms with Crippen LogP contribution in [-0.2, 0) is 0 Å². The Morgan fingerprint density at radius 3 is 2.89 bits per heavy atom. The average Bonchev–Trinajstić information content (AvgIpc) is 2.09. The van der Waals surface area contributed by atoms with Crippen LogP contribution in [0.25, 0.3) is 0 Å². The molecule has 2 aliphatic rings. The molecule has 2 fully saturated rings. The van der Waals surface area contributed by atoms with Crippen LogP contribution in [0.15, 0.2) is 0 Å². The number of hydrogen-bond donors (Lipinski definition) is 0. The summed E-state index contributed by atoms with van der Waals surface area (Å²) in [6, 6.07) is 0.851. The van der Waals surface area contributed by atoms with Crippen molar-refractivity contribution in [2.45, 2.75) is 31.7 Å². The van der Waals surface area contributed by atoms with Crippen molar-refractivity contribution in [1.29, 1.82) is 0 Å². The van der Waals surface area contributed by atoms with E-state index in [0.717, 1.165) is 12.0 Å². The van der Waals surface area contributed by atoms with Gasteiger partial charge < -0.3 is 4.90 Å². The Bertz CT molecular complexity index is 109. The van der Waals surface area contributed by atoms with E-state index in [4.69, 9.17) is 0 Å². The first-order valence-electron chi connectivity index (χ1n) is 3.93. The van der Waals surface area contributed by atoms with Crippen molar-refractivity contribution < 1.29 is 0 Å². The van der Waals surface area contributed by atoms with Crippen LogP contribution in [0.4, 0.5) is 0 Å². The monoisotopic (exact) mass is 124 g/mol. The van der Waals surface area contributed by atoms with Gasteiger partial charge in [-0.15, -0.1) is 0 Å². The maximum absolute atomic E-state index is 4.01. The molecule has 52 valence electrons. The van der Waals surface area contributed by atoms with E-state index < -0.39 is 0 Å². The van der Waals surface area contributed by atoms with Gasteiger partial charge in [-0.25, -0.2) is 0 Å². The highest BCUT2D eigenvalue weighted by Crippen LogP contribution is 2.34. The molecule has 0 radical (unpaired) electrons. The Hall–Kier alpha value is -0.0400. The third-order valence-electron chi connectivity index (χ3n) is 2.76. The molecule has 1 saturated carbocycles. The lowest BCUT2D eigenvalue weighted by molar-refractivity contribution is 0.322. The fraction of sp³-hybridized carbons (Fsp3) is 0.875. The lowest BCUT2D eigenvalue weighted by Crippen LogP contribution is -2.21. The Labute approximate surface area is 57.0 Å². The highest BCUT2D eigenvalue weighted by molar-refractivity contribution is 4.88. The predicted molar refractivity (Wildman–Crippen MR) is 37.8 cm³/mol. The van der Waals surface area contributed by atoms with Crippen molar-refractivity contribution >= 4 is 0 Å². The van der Waals surface area contributed by atoms with Crippen LogP contribution in [0.5, 0.6) is 0 Å². The standard InChI is InChI=1S/C8H14N/c1-9-6-7-3-2-4-8(9)5-7/h7-8H,1-6H2/q-1/t7-,8-/m0/s1. The summed E-state index contributed by atoms with van der Waals surface area (Å²) < 4.78 is 0. The van der Waals surface area contributed by atoms with Crippen molar-refractivity contribution in [2.75, 3.05) is 6.54 Å². The van der Waals surface area contributed by atoms with Crippen LogP contribution in [0, 0.1) is 13.0 Å². The topological polar surface area (TPSA) is 3.24 Å². The molecular weight excluding hydrogens is 110 g/mol. The molecule has 0 aromatic carbocycles. The summed E-state index contributed by atoms with van der Waals surface area (Å²) in [6.07, 6.45) is 5.74. The van der Waals surface area contributed by atoms with Crippen LogP contribution in [0.3, 0.4) is 0 Å². The van der Waals surface area contributed by atoms with Crippen LogP contribution < -0.4 is 0 Å². The molecule has 0 aromatic heterocycles. The Balaban J connectivity index is 2.07. The van der Waals surface area contributed by atoms with Gasteiger partial charge in [0.1, 0.15) is 0 Å². The molecule has 2 atom stereocenters. The molecule has 1 heterocycles. The molecule has 0 spiro atoms. The average molecular weight is 124 g/mol. The fourth-order valence-electron chi connectivity index (χ4n) is 2.24. The van der Waals surface area contributed by atoms with E-state index in [9.17, 15) is 0 Å². The molecule has 0 amide bonds. The molecule has 9 heavy (non-hydrogen) atoms. The van der Waals surface area contributed by atoms with E-state index >= 15 is 0 Å². The van der Waals surface area contributed by atoms with Crippen molar-refractivity contribution in [3.05, 3.63) is 7.05 Å². The Morgan fingerprint density at radius 1 is 1.33 bits per heavy atom. The zero-order chi connectivity index (χ0) is 6.27. The van der Waals surface area contributed by atoms with Gasteiger partial charge in [-0.1, -0.05) is 6.42 Å². The van der Waals surface area contributed by atoms with E-state index in [2.05, 4.69) is 11.9 Å². The summed E-state index contributed by atoms with van der Waals surface area (Å²) in [6.45, 7) is 1.27. The number of hydrogen-bond acceptors (Lipinski definition) is 1. The maximum Gasteiger partial charge on any atom is -0.0182 e. The van der Waals surface area contributed by atoms with Gasteiger partial charge in [0.05, 0.1) is 0 Å². The first-order chi connectivity index (χ1) is 4.36. The van der Waals surface area contributed by atoms with E-state index in [1.807, 2.05) is 0 Å². The highest BCUT2D eigenvalue weighted by atomic mass is 15.2. The summed E-state index contributed by atoms with van der Waals surface area (Å²) in [4.78, 5) is 2.29. The molecule has 0 N–H and O–H groups in total. The number of nitrogens with zero attached hydrogens (tertiary/aromatic N) is 1. The van der Waals surface area contributed by atoms with Gasteiger partial charge in [0.2, 0.25) is 0 Å². The smallest absolute Gasteiger partial charge is 0.0182 e. The fourth-order valence-corrected chi connectivity index (χ4v) is 2.24. The minimum absolute atomic E-state index is 0.851. The Kier molecular flexibility index (Phi) is 1.26. The van der Waals surface area contributed by atoms with E-state index in [1.54, 1.807) is 0 Å². The van der Waals surface area contributed by atoms with Crippen molar-refractivity contribution in [3.8, 4) is 0 Å². The lowest BCUT2D eigenvalue weighted by atomic mass is 9.91. The second-order valence-corrected chi connectivity index (χ2v) is 3.46. The third-order valence-corrected chi connectivity index (χ3v) is 2.76. The largest absolute Gasteiger partial charge is 0.456 e. The molecule has 1 aliphatic heterocycles. The molecule has 0 aromatic rings. The van der Waals surface area contributed by atoms with Crippen LogP contribution >= 0.6 is 0 Å². The minimum Gasteiger partial charge on any atom is -0.456 e. The van der Waals surface area contributed by atoms with Gasteiger partial charge in [-0.2, -0.15) is 0 Å². The molecule has 1 saturated heterocycles. The molecular formula is C8H14N-. The molecule has 2 rings (SSSR count). The summed E-state index contributed by atoms with van der Waals surface area (Å²) in [5.41, 5.74) is 0. The van der Waals surface area contributed by atoms with Crippen LogP contribution in [-0.4, -0.2) is 17.5 Å². The summed E-state index contributed by atoms with van der Waals surface area (Å²) >= 11 is 0. The number of rotatable bonds is 0. The normalized spacial score (nSPS) is 43.7. The zero-order valence-electron chi connectivity index (χ0n) is 5.84. The van der Waals surface area contributed by atoms with Gasteiger partial charge in [0.25, 0.3) is 0 Å². The van der Waals surface area contributed by atoms with Crippen molar-refractivity contribution in [3.63, 3.8) is 0 Å². The van der Waals surface area contributed by atoms with Gasteiger partial charge in [0, 0.05) is 0 Å². The quantitative estimate of drug-likeness (QED) is 0.444. The second kappa shape index (κ2) is 1.98. The van der Waals surface area contributed by atoms with E-state index in [1.165, 1.54) is 32.2 Å². The van der Waals surface area contributed by atoms with Crippen molar-refractivity contribution in [1.82, 2.24) is 4.90 Å². The van der Waals surface area contributed by atoms with Crippen LogP contribution in [0.1, 0.15) is 25.7 Å². The third kappa shape index (κ3) is 0.877. The second-order valence-electron chi connectivity index (χ2n) is 3.46. The number of likely N-dealkylation sites (tertiary alicyclic amines) is 1. The van der Waals surface area contributed by atoms with Gasteiger partial charge >= 0.3 is 0 Å². The molecule has 0 unspecified atom stereocenters. The van der Waals surface area contributed by atoms with Gasteiger partial charge in [-0.05, 0) is 37.8 Å². The van der Waals surface area contributed by atoms with Gasteiger partial charge in [-0.3, -0.25) is 7.05 Å². The Morgan fingerprint density at radius 2 is 2.22 bits per heavy atom. The lowest BCUT2D eigenvalue weighted by Gasteiger charge is -2.26. The zero-order valence-corrected chi connectivity index (χ0v) is 5.84. The first-order valence-corrected chi connectivity index (χ1v) is 3.93. The summed E-state index contributed by atoms with van der Waals surface area (Å²) in [7, 11) is 4.01. The predicted octanol–water partition coefficient (Wildman–Crippen LogP) is 1.65. The van der Waals surface area contributed by atoms with E-state index in [0.29, 0.717) is 0 Å².